The third-order valence-electron chi connectivity index (χ3n) is 2.29. The van der Waals surface area contributed by atoms with E-state index in [0.717, 1.165) is 13.0 Å². The van der Waals surface area contributed by atoms with Crippen LogP contribution in [0.3, 0.4) is 0 Å². The standard InChI is InChI=1S/C12H14ClN5OS/c1-3-4-14-11-15-6-8(13)10(18-11)20-12-16-7(2)5-9(19)17-12/h5-6H,3-4H2,1-2H3,(H,14,15,18)(H,16,17,19). The van der Waals surface area contributed by atoms with Crippen LogP contribution in [0.15, 0.2) is 27.2 Å². The average Bonchev–Trinajstić information content (AvgIpc) is 2.38. The van der Waals surface area contributed by atoms with Crippen molar-refractivity contribution in [2.75, 3.05) is 11.9 Å². The third kappa shape index (κ3) is 3.94. The quantitative estimate of drug-likeness (QED) is 0.652. The van der Waals surface area contributed by atoms with E-state index in [1.807, 2.05) is 0 Å². The van der Waals surface area contributed by atoms with E-state index in [4.69, 9.17) is 11.6 Å². The number of hydrogen-bond donors (Lipinski definition) is 2. The van der Waals surface area contributed by atoms with Crippen LogP contribution in [0.5, 0.6) is 0 Å². The average molecular weight is 312 g/mol. The lowest BCUT2D eigenvalue weighted by Gasteiger charge is -2.06. The van der Waals surface area contributed by atoms with Crippen molar-refractivity contribution in [1.82, 2.24) is 19.9 Å². The number of anilines is 1. The van der Waals surface area contributed by atoms with Crippen LogP contribution in [0.25, 0.3) is 0 Å². The molecule has 0 atom stereocenters. The van der Waals surface area contributed by atoms with Gasteiger partial charge >= 0.3 is 0 Å². The van der Waals surface area contributed by atoms with E-state index in [2.05, 4.69) is 32.2 Å². The maximum Gasteiger partial charge on any atom is 0.251 e. The highest BCUT2D eigenvalue weighted by molar-refractivity contribution is 7.99. The highest BCUT2D eigenvalue weighted by atomic mass is 35.5. The summed E-state index contributed by atoms with van der Waals surface area (Å²) in [6.45, 7) is 4.60. The Morgan fingerprint density at radius 1 is 1.45 bits per heavy atom. The molecular formula is C12H14ClN5OS. The number of H-pyrrole nitrogens is 1. The Kier molecular flexibility index (Phi) is 4.97. The summed E-state index contributed by atoms with van der Waals surface area (Å²) in [4.78, 5) is 26.7. The maximum absolute atomic E-state index is 11.4. The fraction of sp³-hybridized carbons (Fsp3) is 0.333. The molecule has 0 unspecified atom stereocenters. The summed E-state index contributed by atoms with van der Waals surface area (Å²) in [6, 6.07) is 1.43. The van der Waals surface area contributed by atoms with Gasteiger partial charge in [0.2, 0.25) is 5.95 Å². The molecule has 0 aromatic carbocycles. The summed E-state index contributed by atoms with van der Waals surface area (Å²) in [5, 5.41) is 4.51. The van der Waals surface area contributed by atoms with Crippen molar-refractivity contribution in [2.24, 2.45) is 0 Å². The molecular weight excluding hydrogens is 298 g/mol. The predicted octanol–water partition coefficient (Wildman–Crippen LogP) is 2.49. The zero-order chi connectivity index (χ0) is 14.5. The van der Waals surface area contributed by atoms with Crippen molar-refractivity contribution in [2.45, 2.75) is 30.5 Å². The molecule has 0 saturated heterocycles. The monoisotopic (exact) mass is 311 g/mol. The van der Waals surface area contributed by atoms with Crippen LogP contribution >= 0.6 is 23.4 Å². The minimum absolute atomic E-state index is 0.200. The van der Waals surface area contributed by atoms with Crippen molar-refractivity contribution in [3.63, 3.8) is 0 Å². The number of halogens is 1. The highest BCUT2D eigenvalue weighted by Gasteiger charge is 2.09. The van der Waals surface area contributed by atoms with Gasteiger partial charge in [-0.2, -0.15) is 0 Å². The second-order valence-corrected chi connectivity index (χ2v) is 5.45. The Morgan fingerprint density at radius 2 is 2.25 bits per heavy atom. The van der Waals surface area contributed by atoms with Crippen molar-refractivity contribution in [3.05, 3.63) is 33.3 Å². The number of aryl methyl sites for hydroxylation is 1. The van der Waals surface area contributed by atoms with Crippen molar-refractivity contribution in [1.29, 1.82) is 0 Å². The smallest absolute Gasteiger partial charge is 0.251 e. The molecule has 0 radical (unpaired) electrons. The Morgan fingerprint density at radius 3 is 2.95 bits per heavy atom. The first-order valence-electron chi connectivity index (χ1n) is 6.10. The zero-order valence-electron chi connectivity index (χ0n) is 11.1. The van der Waals surface area contributed by atoms with Gasteiger partial charge in [0.1, 0.15) is 5.03 Å². The molecule has 2 rings (SSSR count). The van der Waals surface area contributed by atoms with Crippen LogP contribution in [-0.2, 0) is 0 Å². The first-order valence-corrected chi connectivity index (χ1v) is 7.30. The number of nitrogens with zero attached hydrogens (tertiary/aromatic N) is 3. The molecule has 0 fully saturated rings. The maximum atomic E-state index is 11.4. The highest BCUT2D eigenvalue weighted by Crippen LogP contribution is 2.29. The van der Waals surface area contributed by atoms with Crippen LogP contribution < -0.4 is 10.9 Å². The van der Waals surface area contributed by atoms with E-state index in [1.54, 1.807) is 6.92 Å². The van der Waals surface area contributed by atoms with Gasteiger partial charge in [-0.3, -0.25) is 4.79 Å². The Balaban J connectivity index is 2.25. The molecule has 20 heavy (non-hydrogen) atoms. The third-order valence-corrected chi connectivity index (χ3v) is 3.57. The molecule has 0 saturated carbocycles. The molecule has 0 bridgehead atoms. The summed E-state index contributed by atoms with van der Waals surface area (Å²) < 4.78 is 0. The van der Waals surface area contributed by atoms with E-state index in [0.29, 0.717) is 26.8 Å². The van der Waals surface area contributed by atoms with Gasteiger partial charge in [0.25, 0.3) is 5.56 Å². The Bertz CT molecular complexity index is 661. The summed E-state index contributed by atoms with van der Waals surface area (Å²) in [7, 11) is 0. The minimum atomic E-state index is -0.200. The van der Waals surface area contributed by atoms with Gasteiger partial charge in [-0.15, -0.1) is 0 Å². The fourth-order valence-electron chi connectivity index (χ4n) is 1.44. The van der Waals surface area contributed by atoms with Crippen LogP contribution in [0.1, 0.15) is 19.0 Å². The normalized spacial score (nSPS) is 10.6. The number of rotatable bonds is 5. The predicted molar refractivity (Wildman–Crippen MR) is 79.5 cm³/mol. The van der Waals surface area contributed by atoms with Crippen molar-refractivity contribution >= 4 is 29.3 Å². The minimum Gasteiger partial charge on any atom is -0.354 e. The van der Waals surface area contributed by atoms with Gasteiger partial charge in [-0.1, -0.05) is 18.5 Å². The molecule has 2 aromatic rings. The molecule has 2 heterocycles. The molecule has 6 nitrogen and oxygen atoms in total. The largest absolute Gasteiger partial charge is 0.354 e. The second-order valence-electron chi connectivity index (χ2n) is 4.07. The van der Waals surface area contributed by atoms with Gasteiger partial charge < -0.3 is 10.3 Å². The fourth-order valence-corrected chi connectivity index (χ4v) is 2.45. The molecule has 2 N–H and O–H groups in total. The van der Waals surface area contributed by atoms with Crippen molar-refractivity contribution < 1.29 is 0 Å². The number of nitrogens with one attached hydrogen (secondary N) is 2. The van der Waals surface area contributed by atoms with Crippen LogP contribution in [-0.4, -0.2) is 26.5 Å². The van der Waals surface area contributed by atoms with Gasteiger partial charge in [0.05, 0.1) is 11.2 Å². The topological polar surface area (TPSA) is 83.6 Å². The molecule has 0 amide bonds. The van der Waals surface area contributed by atoms with E-state index >= 15 is 0 Å². The summed E-state index contributed by atoms with van der Waals surface area (Å²) in [5.74, 6) is 0.508. The van der Waals surface area contributed by atoms with E-state index in [-0.39, 0.29) is 5.56 Å². The lowest BCUT2D eigenvalue weighted by atomic mass is 10.5. The van der Waals surface area contributed by atoms with Gasteiger partial charge in [0, 0.05) is 18.3 Å². The number of hydrogen-bond acceptors (Lipinski definition) is 6. The van der Waals surface area contributed by atoms with E-state index in [1.165, 1.54) is 24.0 Å². The molecule has 2 aromatic heterocycles. The Labute approximate surface area is 125 Å². The number of aromatic amines is 1. The molecule has 8 heteroatoms. The summed E-state index contributed by atoms with van der Waals surface area (Å²) in [5.41, 5.74) is 0.445. The van der Waals surface area contributed by atoms with Gasteiger partial charge in [-0.25, -0.2) is 15.0 Å². The molecule has 106 valence electrons. The van der Waals surface area contributed by atoms with Crippen LogP contribution in [0.2, 0.25) is 5.02 Å². The zero-order valence-corrected chi connectivity index (χ0v) is 12.7. The van der Waals surface area contributed by atoms with Crippen molar-refractivity contribution in [3.8, 4) is 0 Å². The first kappa shape index (κ1) is 14.8. The second kappa shape index (κ2) is 6.71. The van der Waals surface area contributed by atoms with Gasteiger partial charge in [-0.05, 0) is 25.1 Å². The first-order chi connectivity index (χ1) is 9.58. The summed E-state index contributed by atoms with van der Waals surface area (Å²) >= 11 is 7.27. The SMILES string of the molecule is CCCNc1ncc(Cl)c(Sc2nc(C)cc(=O)[nH]2)n1. The lowest BCUT2D eigenvalue weighted by Crippen LogP contribution is -2.08. The number of aromatic nitrogens is 4. The van der Waals surface area contributed by atoms with E-state index in [9.17, 15) is 4.79 Å². The van der Waals surface area contributed by atoms with E-state index < -0.39 is 0 Å². The Hall–Kier alpha value is -1.60. The molecule has 0 spiro atoms. The molecule has 0 aliphatic heterocycles. The van der Waals surface area contributed by atoms with Crippen LogP contribution in [0.4, 0.5) is 5.95 Å². The summed E-state index contributed by atoms with van der Waals surface area (Å²) in [6.07, 6.45) is 2.50. The van der Waals surface area contributed by atoms with Crippen LogP contribution in [0, 0.1) is 6.92 Å². The lowest BCUT2D eigenvalue weighted by molar-refractivity contribution is 0.897. The molecule has 0 aliphatic carbocycles. The van der Waals surface area contributed by atoms with Gasteiger partial charge in [0.15, 0.2) is 5.16 Å². The molecule has 0 aliphatic rings.